The first-order valence-electron chi connectivity index (χ1n) is 7.51. The van der Waals surface area contributed by atoms with Crippen molar-refractivity contribution in [1.82, 2.24) is 24.9 Å². The zero-order valence-corrected chi connectivity index (χ0v) is 15.6. The molecule has 6 nitrogen and oxygen atoms in total. The van der Waals surface area contributed by atoms with Gasteiger partial charge in [-0.25, -0.2) is 4.98 Å². The van der Waals surface area contributed by atoms with Gasteiger partial charge in [-0.2, -0.15) is 11.8 Å². The molecule has 0 saturated heterocycles. The summed E-state index contributed by atoms with van der Waals surface area (Å²) < 4.78 is 1.87. The lowest BCUT2D eigenvalue weighted by Crippen LogP contribution is -2.30. The number of nitrogens with one attached hydrogen (secondary N) is 1. The SMILES string of the molecule is CSCC[C@@H](NC(=O)c1ccc(Cl)nc1Cl)c1nnc2ccccn12. The number of thioether (sulfide) groups is 1. The first-order chi connectivity index (χ1) is 12.1. The molecule has 1 atom stereocenters. The van der Waals surface area contributed by atoms with Gasteiger partial charge in [0.1, 0.15) is 10.3 Å². The molecule has 0 spiro atoms. The van der Waals surface area contributed by atoms with Crippen LogP contribution in [0.1, 0.15) is 28.6 Å². The Morgan fingerprint density at radius 2 is 2.12 bits per heavy atom. The van der Waals surface area contributed by atoms with Crippen LogP contribution in [0.4, 0.5) is 0 Å². The third kappa shape index (κ3) is 4.05. The molecule has 3 heterocycles. The van der Waals surface area contributed by atoms with Gasteiger partial charge in [-0.1, -0.05) is 29.3 Å². The number of pyridine rings is 2. The van der Waals surface area contributed by atoms with Crippen molar-refractivity contribution in [2.45, 2.75) is 12.5 Å². The van der Waals surface area contributed by atoms with E-state index in [2.05, 4.69) is 20.5 Å². The fraction of sp³-hybridized carbons (Fsp3) is 0.250. The average molecular weight is 396 g/mol. The smallest absolute Gasteiger partial charge is 0.255 e. The zero-order valence-electron chi connectivity index (χ0n) is 13.3. The van der Waals surface area contributed by atoms with Crippen LogP contribution in [0.15, 0.2) is 36.5 Å². The highest BCUT2D eigenvalue weighted by atomic mass is 35.5. The summed E-state index contributed by atoms with van der Waals surface area (Å²) in [5, 5.41) is 11.7. The van der Waals surface area contributed by atoms with E-state index in [0.717, 1.165) is 11.4 Å². The number of hydrogen-bond acceptors (Lipinski definition) is 5. The van der Waals surface area contributed by atoms with E-state index in [-0.39, 0.29) is 27.8 Å². The monoisotopic (exact) mass is 395 g/mol. The van der Waals surface area contributed by atoms with Crippen LogP contribution in [0, 0.1) is 0 Å². The number of aromatic nitrogens is 4. The summed E-state index contributed by atoms with van der Waals surface area (Å²) in [5.74, 6) is 1.21. The number of carbonyl (C=O) groups is 1. The topological polar surface area (TPSA) is 72.2 Å². The van der Waals surface area contributed by atoms with E-state index >= 15 is 0 Å². The molecule has 25 heavy (non-hydrogen) atoms. The Hall–Kier alpha value is -1.83. The summed E-state index contributed by atoms with van der Waals surface area (Å²) in [6.07, 6.45) is 4.60. The summed E-state index contributed by atoms with van der Waals surface area (Å²) in [4.78, 5) is 16.5. The highest BCUT2D eigenvalue weighted by molar-refractivity contribution is 7.98. The van der Waals surface area contributed by atoms with Gasteiger partial charge < -0.3 is 5.32 Å². The maximum Gasteiger partial charge on any atom is 0.255 e. The number of amides is 1. The van der Waals surface area contributed by atoms with Gasteiger partial charge in [-0.3, -0.25) is 9.20 Å². The van der Waals surface area contributed by atoms with Crippen molar-refractivity contribution < 1.29 is 4.79 Å². The quantitative estimate of drug-likeness (QED) is 0.644. The van der Waals surface area contributed by atoms with Crippen molar-refractivity contribution in [2.24, 2.45) is 0 Å². The Labute approximate surface area is 158 Å². The van der Waals surface area contributed by atoms with E-state index in [0.29, 0.717) is 12.2 Å². The summed E-state index contributed by atoms with van der Waals surface area (Å²) in [6, 6.07) is 8.44. The summed E-state index contributed by atoms with van der Waals surface area (Å²) in [6.45, 7) is 0. The first kappa shape index (κ1) is 18.0. The van der Waals surface area contributed by atoms with Crippen LogP contribution in [0.25, 0.3) is 5.65 Å². The lowest BCUT2D eigenvalue weighted by Gasteiger charge is -2.17. The molecular weight excluding hydrogens is 381 g/mol. The van der Waals surface area contributed by atoms with E-state index in [1.54, 1.807) is 17.8 Å². The second-order valence-electron chi connectivity index (χ2n) is 5.27. The molecule has 1 N–H and O–H groups in total. The Morgan fingerprint density at radius 3 is 2.88 bits per heavy atom. The lowest BCUT2D eigenvalue weighted by atomic mass is 10.2. The standard InChI is InChI=1S/C16H15Cl2N5OS/c1-25-9-7-11(15-22-21-13-4-2-3-8-23(13)15)19-16(24)10-5-6-12(17)20-14(10)18/h2-6,8,11H,7,9H2,1H3,(H,19,24)/t11-/m1/s1. The van der Waals surface area contributed by atoms with Gasteiger partial charge in [0.2, 0.25) is 0 Å². The minimum absolute atomic E-state index is 0.0692. The van der Waals surface area contributed by atoms with Crippen LogP contribution >= 0.6 is 35.0 Å². The molecule has 130 valence electrons. The molecule has 0 bridgehead atoms. The van der Waals surface area contributed by atoms with Crippen molar-refractivity contribution >= 4 is 46.5 Å². The number of halogens is 2. The molecule has 3 aromatic rings. The average Bonchev–Trinajstić information content (AvgIpc) is 3.02. The predicted molar refractivity (Wildman–Crippen MR) is 100 cm³/mol. The fourth-order valence-electron chi connectivity index (χ4n) is 2.42. The minimum Gasteiger partial charge on any atom is -0.342 e. The van der Waals surface area contributed by atoms with Crippen LogP contribution in [-0.2, 0) is 0 Å². The maximum atomic E-state index is 12.6. The van der Waals surface area contributed by atoms with Crippen LogP contribution in [0.2, 0.25) is 10.3 Å². The van der Waals surface area contributed by atoms with E-state index in [1.165, 1.54) is 6.07 Å². The third-order valence-electron chi connectivity index (χ3n) is 3.63. The molecule has 0 fully saturated rings. The lowest BCUT2D eigenvalue weighted by molar-refractivity contribution is 0.0933. The zero-order chi connectivity index (χ0) is 17.8. The van der Waals surface area contributed by atoms with Crippen LogP contribution in [-0.4, -0.2) is 37.5 Å². The summed E-state index contributed by atoms with van der Waals surface area (Å²) in [5.41, 5.74) is 1.00. The molecule has 1 amide bonds. The summed E-state index contributed by atoms with van der Waals surface area (Å²) in [7, 11) is 0. The van der Waals surface area contributed by atoms with Gasteiger partial charge in [0.15, 0.2) is 11.5 Å². The molecule has 0 aromatic carbocycles. The van der Waals surface area contributed by atoms with Crippen LogP contribution in [0.3, 0.4) is 0 Å². The Morgan fingerprint density at radius 1 is 1.28 bits per heavy atom. The van der Waals surface area contributed by atoms with Gasteiger partial charge >= 0.3 is 0 Å². The molecule has 0 radical (unpaired) electrons. The van der Waals surface area contributed by atoms with Crippen molar-refractivity contribution in [1.29, 1.82) is 0 Å². The number of nitrogens with zero attached hydrogens (tertiary/aromatic N) is 4. The molecule has 0 saturated carbocycles. The Bertz CT molecular complexity index is 901. The normalized spacial score (nSPS) is 12.3. The van der Waals surface area contributed by atoms with E-state index in [1.807, 2.05) is 35.1 Å². The minimum atomic E-state index is -0.326. The fourth-order valence-corrected chi connectivity index (χ4v) is 3.32. The maximum absolute atomic E-state index is 12.6. The Kier molecular flexibility index (Phi) is 5.78. The van der Waals surface area contributed by atoms with Gasteiger partial charge in [-0.15, -0.1) is 10.2 Å². The molecule has 0 aliphatic carbocycles. The number of rotatable bonds is 6. The van der Waals surface area contributed by atoms with Crippen molar-refractivity contribution in [3.63, 3.8) is 0 Å². The van der Waals surface area contributed by atoms with Crippen molar-refractivity contribution in [3.8, 4) is 0 Å². The second kappa shape index (κ2) is 8.03. The number of carbonyl (C=O) groups excluding carboxylic acids is 1. The second-order valence-corrected chi connectivity index (χ2v) is 7.00. The van der Waals surface area contributed by atoms with E-state index in [9.17, 15) is 4.79 Å². The molecule has 0 unspecified atom stereocenters. The highest BCUT2D eigenvalue weighted by Gasteiger charge is 2.22. The van der Waals surface area contributed by atoms with Crippen molar-refractivity contribution in [2.75, 3.05) is 12.0 Å². The van der Waals surface area contributed by atoms with Crippen LogP contribution in [0.5, 0.6) is 0 Å². The molecule has 9 heteroatoms. The van der Waals surface area contributed by atoms with Gasteiger partial charge in [-0.05, 0) is 42.7 Å². The van der Waals surface area contributed by atoms with Crippen LogP contribution < -0.4 is 5.32 Å². The van der Waals surface area contributed by atoms with Gasteiger partial charge in [0.05, 0.1) is 11.6 Å². The van der Waals surface area contributed by atoms with E-state index < -0.39 is 0 Å². The third-order valence-corrected chi connectivity index (χ3v) is 4.77. The molecule has 3 aromatic heterocycles. The number of fused-ring (bicyclic) bond motifs is 1. The molecular formula is C16H15Cl2N5OS. The molecule has 0 aliphatic rings. The molecule has 0 aliphatic heterocycles. The molecule has 3 rings (SSSR count). The summed E-state index contributed by atoms with van der Waals surface area (Å²) >= 11 is 13.5. The van der Waals surface area contributed by atoms with Gasteiger partial charge in [0, 0.05) is 6.20 Å². The van der Waals surface area contributed by atoms with E-state index in [4.69, 9.17) is 23.2 Å². The largest absolute Gasteiger partial charge is 0.342 e. The predicted octanol–water partition coefficient (Wildman–Crippen LogP) is 3.66. The first-order valence-corrected chi connectivity index (χ1v) is 9.66. The van der Waals surface area contributed by atoms with Gasteiger partial charge in [0.25, 0.3) is 5.91 Å². The highest BCUT2D eigenvalue weighted by Crippen LogP contribution is 2.21. The number of hydrogen-bond donors (Lipinski definition) is 1. The van der Waals surface area contributed by atoms with Crippen molar-refractivity contribution in [3.05, 3.63) is 58.2 Å². The Balaban J connectivity index is 1.89.